The summed E-state index contributed by atoms with van der Waals surface area (Å²) in [6, 6.07) is 7.88. The quantitative estimate of drug-likeness (QED) is 0.643. The molecule has 15 heavy (non-hydrogen) atoms. The van der Waals surface area contributed by atoms with Crippen LogP contribution in [-0.4, -0.2) is 13.1 Å². The summed E-state index contributed by atoms with van der Waals surface area (Å²) in [5.74, 6) is -0.365. The van der Waals surface area contributed by atoms with E-state index in [1.807, 2.05) is 30.3 Å². The zero-order valence-electron chi connectivity index (χ0n) is 8.36. The van der Waals surface area contributed by atoms with Crippen molar-refractivity contribution in [2.45, 2.75) is 0 Å². The Kier molecular flexibility index (Phi) is 2.54. The SMILES string of the molecule is COC(=O)C1=CC=c2ccccc2=CN1. The Morgan fingerprint density at radius 2 is 1.93 bits per heavy atom. The Hall–Kier alpha value is -2.03. The predicted octanol–water partition coefficient (Wildman–Crippen LogP) is -0.135. The summed E-state index contributed by atoms with van der Waals surface area (Å²) in [5, 5.41) is 5.04. The summed E-state index contributed by atoms with van der Waals surface area (Å²) in [5.41, 5.74) is 0.439. The molecule has 76 valence electrons. The average molecular weight is 201 g/mol. The molecule has 1 aromatic carbocycles. The van der Waals surface area contributed by atoms with E-state index in [1.54, 1.807) is 12.3 Å². The summed E-state index contributed by atoms with van der Waals surface area (Å²) in [6.45, 7) is 0. The first kappa shape index (κ1) is 9.52. The van der Waals surface area contributed by atoms with Gasteiger partial charge in [-0.15, -0.1) is 0 Å². The zero-order valence-corrected chi connectivity index (χ0v) is 8.36. The number of rotatable bonds is 1. The maximum Gasteiger partial charge on any atom is 0.354 e. The van der Waals surface area contributed by atoms with Crippen molar-refractivity contribution in [2.24, 2.45) is 0 Å². The van der Waals surface area contributed by atoms with E-state index in [-0.39, 0.29) is 5.97 Å². The highest BCUT2D eigenvalue weighted by molar-refractivity contribution is 5.90. The van der Waals surface area contributed by atoms with Gasteiger partial charge in [-0.2, -0.15) is 0 Å². The number of fused-ring (bicyclic) bond motifs is 1. The van der Waals surface area contributed by atoms with Crippen molar-refractivity contribution in [2.75, 3.05) is 7.11 Å². The second kappa shape index (κ2) is 4.00. The van der Waals surface area contributed by atoms with Crippen LogP contribution < -0.4 is 15.8 Å². The van der Waals surface area contributed by atoms with Crippen molar-refractivity contribution in [1.29, 1.82) is 0 Å². The molecule has 0 spiro atoms. The zero-order chi connectivity index (χ0) is 10.7. The van der Waals surface area contributed by atoms with Gasteiger partial charge in [-0.3, -0.25) is 0 Å². The van der Waals surface area contributed by atoms with Crippen molar-refractivity contribution in [3.05, 3.63) is 46.5 Å². The summed E-state index contributed by atoms with van der Waals surface area (Å²) in [7, 11) is 1.36. The van der Waals surface area contributed by atoms with Gasteiger partial charge in [-0.25, -0.2) is 4.79 Å². The molecule has 0 saturated carbocycles. The Morgan fingerprint density at radius 1 is 1.20 bits per heavy atom. The van der Waals surface area contributed by atoms with Gasteiger partial charge in [0.2, 0.25) is 0 Å². The molecule has 0 amide bonds. The lowest BCUT2D eigenvalue weighted by Gasteiger charge is -2.01. The van der Waals surface area contributed by atoms with Gasteiger partial charge in [0.25, 0.3) is 0 Å². The second-order valence-corrected chi connectivity index (χ2v) is 3.16. The van der Waals surface area contributed by atoms with E-state index >= 15 is 0 Å². The Labute approximate surface area is 87.4 Å². The van der Waals surface area contributed by atoms with Gasteiger partial charge in [0.1, 0.15) is 5.70 Å². The molecule has 0 radical (unpaired) electrons. The third-order valence-electron chi connectivity index (χ3n) is 2.21. The van der Waals surface area contributed by atoms with Crippen molar-refractivity contribution in [1.82, 2.24) is 5.32 Å². The van der Waals surface area contributed by atoms with Gasteiger partial charge >= 0.3 is 5.97 Å². The molecule has 2 rings (SSSR count). The van der Waals surface area contributed by atoms with E-state index in [0.717, 1.165) is 10.4 Å². The van der Waals surface area contributed by atoms with E-state index in [0.29, 0.717) is 5.70 Å². The van der Waals surface area contributed by atoms with Crippen molar-refractivity contribution >= 4 is 18.2 Å². The van der Waals surface area contributed by atoms with Gasteiger partial charge in [-0.05, 0) is 16.5 Å². The van der Waals surface area contributed by atoms with Crippen molar-refractivity contribution < 1.29 is 9.53 Å². The number of nitrogens with one attached hydrogen (secondary N) is 1. The molecule has 0 fully saturated rings. The number of ether oxygens (including phenoxy) is 1. The van der Waals surface area contributed by atoms with Crippen LogP contribution in [0.1, 0.15) is 0 Å². The summed E-state index contributed by atoms with van der Waals surface area (Å²) >= 11 is 0. The molecule has 1 N–H and O–H groups in total. The fraction of sp³-hybridized carbons (Fsp3) is 0.0833. The van der Waals surface area contributed by atoms with Gasteiger partial charge in [0.15, 0.2) is 0 Å². The molecule has 0 bridgehead atoms. The standard InChI is InChI=1S/C12H11NO2/c1-15-12(14)11-7-6-9-4-2-3-5-10(9)8-13-11/h2-8,13H,1H3. The molecule has 1 heterocycles. The van der Waals surface area contributed by atoms with E-state index < -0.39 is 0 Å². The van der Waals surface area contributed by atoms with Crippen LogP contribution in [0.2, 0.25) is 0 Å². The Balaban J connectivity index is 2.47. The maximum atomic E-state index is 11.3. The minimum absolute atomic E-state index is 0.365. The van der Waals surface area contributed by atoms with Crippen molar-refractivity contribution in [3.8, 4) is 0 Å². The first-order chi connectivity index (χ1) is 7.31. The van der Waals surface area contributed by atoms with E-state index in [2.05, 4.69) is 10.1 Å². The number of carbonyl (C=O) groups excluding carboxylic acids is 1. The molecule has 1 aliphatic heterocycles. The number of allylic oxidation sites excluding steroid dienone is 1. The van der Waals surface area contributed by atoms with Crippen LogP contribution in [0.5, 0.6) is 0 Å². The number of benzene rings is 1. The van der Waals surface area contributed by atoms with Gasteiger partial charge in [0.05, 0.1) is 7.11 Å². The van der Waals surface area contributed by atoms with Gasteiger partial charge in [0, 0.05) is 6.20 Å². The van der Waals surface area contributed by atoms with E-state index in [9.17, 15) is 4.79 Å². The lowest BCUT2D eigenvalue weighted by atomic mass is 10.2. The molecule has 0 atom stereocenters. The molecule has 1 aliphatic rings. The second-order valence-electron chi connectivity index (χ2n) is 3.16. The number of methoxy groups -OCH3 is 1. The van der Waals surface area contributed by atoms with Crippen LogP contribution in [0.15, 0.2) is 36.0 Å². The number of carbonyl (C=O) groups is 1. The summed E-state index contributed by atoms with van der Waals surface area (Å²) < 4.78 is 4.63. The van der Waals surface area contributed by atoms with Crippen LogP contribution in [0.4, 0.5) is 0 Å². The van der Waals surface area contributed by atoms with Crippen LogP contribution >= 0.6 is 0 Å². The first-order valence-corrected chi connectivity index (χ1v) is 4.63. The van der Waals surface area contributed by atoms with Crippen LogP contribution in [0.3, 0.4) is 0 Å². The molecular formula is C12H11NO2. The highest BCUT2D eigenvalue weighted by Gasteiger charge is 2.07. The highest BCUT2D eigenvalue weighted by Crippen LogP contribution is 1.94. The van der Waals surface area contributed by atoms with Gasteiger partial charge in [-0.1, -0.05) is 30.3 Å². The van der Waals surface area contributed by atoms with Crippen LogP contribution in [-0.2, 0) is 9.53 Å². The molecular weight excluding hydrogens is 190 g/mol. The minimum Gasteiger partial charge on any atom is -0.464 e. The lowest BCUT2D eigenvalue weighted by Crippen LogP contribution is -2.25. The molecule has 0 saturated heterocycles. The predicted molar refractivity (Wildman–Crippen MR) is 57.9 cm³/mol. The topological polar surface area (TPSA) is 38.3 Å². The Morgan fingerprint density at radius 3 is 2.67 bits per heavy atom. The van der Waals surface area contributed by atoms with Crippen molar-refractivity contribution in [3.63, 3.8) is 0 Å². The smallest absolute Gasteiger partial charge is 0.354 e. The maximum absolute atomic E-state index is 11.3. The fourth-order valence-corrected chi connectivity index (χ4v) is 1.41. The number of hydrogen-bond donors (Lipinski definition) is 1. The fourth-order valence-electron chi connectivity index (χ4n) is 1.41. The summed E-state index contributed by atoms with van der Waals surface area (Å²) in [6.07, 6.45) is 5.40. The monoisotopic (exact) mass is 201 g/mol. The first-order valence-electron chi connectivity index (χ1n) is 4.63. The van der Waals surface area contributed by atoms with Crippen LogP contribution in [0, 0.1) is 0 Å². The highest BCUT2D eigenvalue weighted by atomic mass is 16.5. The molecule has 3 heteroatoms. The van der Waals surface area contributed by atoms with Gasteiger partial charge < -0.3 is 10.1 Å². The Bertz CT molecular complexity index is 529. The largest absolute Gasteiger partial charge is 0.464 e. The molecule has 3 nitrogen and oxygen atoms in total. The van der Waals surface area contributed by atoms with E-state index in [1.165, 1.54) is 7.11 Å². The molecule has 1 aromatic rings. The third-order valence-corrected chi connectivity index (χ3v) is 2.21. The normalized spacial score (nSPS) is 13.3. The minimum atomic E-state index is -0.365. The lowest BCUT2D eigenvalue weighted by molar-refractivity contribution is -0.136. The molecule has 0 unspecified atom stereocenters. The van der Waals surface area contributed by atoms with Crippen LogP contribution in [0.25, 0.3) is 12.3 Å². The third kappa shape index (κ3) is 1.91. The molecule has 0 aliphatic carbocycles. The average Bonchev–Trinajstić information content (AvgIpc) is 2.50. The number of esters is 1. The summed E-state index contributed by atoms with van der Waals surface area (Å²) in [4.78, 5) is 11.3. The number of hydrogen-bond acceptors (Lipinski definition) is 3. The molecule has 0 aromatic heterocycles. The van der Waals surface area contributed by atoms with E-state index in [4.69, 9.17) is 0 Å².